The molecule has 6 heteroatoms. The van der Waals surface area contributed by atoms with E-state index in [1.165, 1.54) is 16.7 Å². The van der Waals surface area contributed by atoms with E-state index < -0.39 is 5.60 Å². The summed E-state index contributed by atoms with van der Waals surface area (Å²) < 4.78 is 11.2. The highest BCUT2D eigenvalue weighted by Gasteiger charge is 2.36. The minimum atomic E-state index is -0.488. The van der Waals surface area contributed by atoms with Gasteiger partial charge in [0, 0.05) is 44.4 Å². The second kappa shape index (κ2) is 9.05. The van der Waals surface area contributed by atoms with Crippen LogP contribution in [-0.4, -0.2) is 54.3 Å². The molecule has 4 rings (SSSR count). The van der Waals surface area contributed by atoms with Crippen molar-refractivity contribution >= 4 is 17.7 Å². The zero-order valence-electron chi connectivity index (χ0n) is 18.6. The first kappa shape index (κ1) is 21.9. The van der Waals surface area contributed by atoms with Gasteiger partial charge in [0.05, 0.1) is 6.04 Å². The molecule has 3 heterocycles. The molecule has 1 atom stereocenters. The Morgan fingerprint density at radius 1 is 1.20 bits per heavy atom. The average molecular weight is 435 g/mol. The number of rotatable bonds is 3. The van der Waals surface area contributed by atoms with Crippen molar-refractivity contribution in [3.63, 3.8) is 0 Å². The van der Waals surface area contributed by atoms with E-state index in [1.54, 1.807) is 0 Å². The third-order valence-corrected chi connectivity index (χ3v) is 6.74. The van der Waals surface area contributed by atoms with Gasteiger partial charge in [-0.15, -0.1) is 0 Å². The van der Waals surface area contributed by atoms with Crippen LogP contribution in [0, 0.1) is 5.92 Å². The summed E-state index contributed by atoms with van der Waals surface area (Å²) in [5.74, 6) is 0.723. The van der Waals surface area contributed by atoms with Crippen LogP contribution in [-0.2, 0) is 22.4 Å². The van der Waals surface area contributed by atoms with E-state index in [1.807, 2.05) is 25.7 Å². The van der Waals surface area contributed by atoms with Gasteiger partial charge in [0.1, 0.15) is 5.60 Å². The predicted molar refractivity (Wildman–Crippen MR) is 119 cm³/mol. The molecule has 0 spiro atoms. The molecule has 0 bridgehead atoms. The number of fused-ring (bicyclic) bond motifs is 1. The summed E-state index contributed by atoms with van der Waals surface area (Å²) in [7, 11) is 0. The third kappa shape index (κ3) is 5.12. The second-order valence-electron chi connectivity index (χ2n) is 10.0. The molecule has 1 aromatic rings. The maximum absolute atomic E-state index is 12.9. The maximum atomic E-state index is 12.9. The molecule has 166 valence electrons. The Balaban J connectivity index is 1.55. The van der Waals surface area contributed by atoms with Crippen molar-refractivity contribution in [1.29, 1.82) is 0 Å². The molecule has 3 aliphatic heterocycles. The van der Waals surface area contributed by atoms with Gasteiger partial charge < -0.3 is 14.4 Å². The Labute approximate surface area is 185 Å². The Kier molecular flexibility index (Phi) is 6.61. The number of hydrogen-bond acceptors (Lipinski definition) is 4. The van der Waals surface area contributed by atoms with Gasteiger partial charge in [-0.25, -0.2) is 4.79 Å². The van der Waals surface area contributed by atoms with Crippen LogP contribution < -0.4 is 0 Å². The van der Waals surface area contributed by atoms with Crippen LogP contribution in [0.25, 0.3) is 0 Å². The van der Waals surface area contributed by atoms with Gasteiger partial charge in [-0.05, 0) is 87.6 Å². The highest BCUT2D eigenvalue weighted by molar-refractivity contribution is 6.30. The molecule has 2 saturated heterocycles. The summed E-state index contributed by atoms with van der Waals surface area (Å²) in [6, 6.07) is 4.26. The Hall–Kier alpha value is -1.30. The number of benzene rings is 1. The SMILES string of the molecule is CC(C)(C)OC(=O)N1CCCC1c1cc(Cl)cc2c1CN(CC1CCOCC1)CC2. The van der Waals surface area contributed by atoms with Crippen LogP contribution in [0.1, 0.15) is 69.2 Å². The molecule has 0 aliphatic carbocycles. The first-order valence-corrected chi connectivity index (χ1v) is 11.8. The monoisotopic (exact) mass is 434 g/mol. The van der Waals surface area contributed by atoms with Crippen molar-refractivity contribution in [2.75, 3.05) is 32.8 Å². The number of likely N-dealkylation sites (tertiary alicyclic amines) is 1. The molecule has 1 amide bonds. The van der Waals surface area contributed by atoms with Gasteiger partial charge in [-0.1, -0.05) is 11.6 Å². The molecule has 1 aromatic carbocycles. The third-order valence-electron chi connectivity index (χ3n) is 6.52. The largest absolute Gasteiger partial charge is 0.444 e. The van der Waals surface area contributed by atoms with Crippen molar-refractivity contribution in [3.05, 3.63) is 33.8 Å². The van der Waals surface area contributed by atoms with Crippen LogP contribution in [0.3, 0.4) is 0 Å². The lowest BCUT2D eigenvalue weighted by Crippen LogP contribution is -2.39. The van der Waals surface area contributed by atoms with Gasteiger partial charge in [-0.3, -0.25) is 4.90 Å². The molecular weight excluding hydrogens is 400 g/mol. The summed E-state index contributed by atoms with van der Waals surface area (Å²) >= 11 is 6.52. The van der Waals surface area contributed by atoms with E-state index in [4.69, 9.17) is 21.1 Å². The van der Waals surface area contributed by atoms with E-state index in [-0.39, 0.29) is 12.1 Å². The van der Waals surface area contributed by atoms with Crippen molar-refractivity contribution in [2.45, 2.75) is 71.1 Å². The highest BCUT2D eigenvalue weighted by atomic mass is 35.5. The fourth-order valence-electron chi connectivity index (χ4n) is 5.09. The van der Waals surface area contributed by atoms with Crippen molar-refractivity contribution < 1.29 is 14.3 Å². The topological polar surface area (TPSA) is 42.0 Å². The zero-order valence-corrected chi connectivity index (χ0v) is 19.3. The molecule has 0 radical (unpaired) electrons. The van der Waals surface area contributed by atoms with Gasteiger partial charge >= 0.3 is 6.09 Å². The summed E-state index contributed by atoms with van der Waals surface area (Å²) in [6.07, 6.45) is 5.08. The first-order chi connectivity index (χ1) is 14.3. The summed E-state index contributed by atoms with van der Waals surface area (Å²) in [6.45, 7) is 11.4. The van der Waals surface area contributed by atoms with Gasteiger partial charge in [0.2, 0.25) is 0 Å². The van der Waals surface area contributed by atoms with Crippen molar-refractivity contribution in [2.24, 2.45) is 5.92 Å². The van der Waals surface area contributed by atoms with Crippen LogP contribution in [0.4, 0.5) is 4.79 Å². The fourth-order valence-corrected chi connectivity index (χ4v) is 5.34. The standard InChI is InChI=1S/C24H35ClN2O3/c1-24(2,3)30-23(28)27-9-4-5-22(27)20-14-19(25)13-18-6-10-26(16-21(18)20)15-17-7-11-29-12-8-17/h13-14,17,22H,4-12,15-16H2,1-3H3. The summed E-state index contributed by atoms with van der Waals surface area (Å²) in [5.41, 5.74) is 3.45. The number of nitrogens with zero attached hydrogens (tertiary/aromatic N) is 2. The number of amides is 1. The fraction of sp³-hybridized carbons (Fsp3) is 0.708. The molecular formula is C24H35ClN2O3. The Bertz CT molecular complexity index is 770. The number of hydrogen-bond donors (Lipinski definition) is 0. The summed E-state index contributed by atoms with van der Waals surface area (Å²) in [4.78, 5) is 17.4. The average Bonchev–Trinajstić information content (AvgIpc) is 3.17. The molecule has 0 N–H and O–H groups in total. The van der Waals surface area contributed by atoms with Gasteiger partial charge in [0.15, 0.2) is 0 Å². The van der Waals surface area contributed by atoms with E-state index in [0.717, 1.165) is 82.4 Å². The zero-order chi connectivity index (χ0) is 21.3. The lowest BCUT2D eigenvalue weighted by molar-refractivity contribution is 0.0223. The van der Waals surface area contributed by atoms with E-state index >= 15 is 0 Å². The molecule has 3 aliphatic rings. The van der Waals surface area contributed by atoms with E-state index in [0.29, 0.717) is 0 Å². The highest BCUT2D eigenvalue weighted by Crippen LogP contribution is 2.39. The van der Waals surface area contributed by atoms with Crippen LogP contribution in [0.5, 0.6) is 0 Å². The van der Waals surface area contributed by atoms with Gasteiger partial charge in [-0.2, -0.15) is 0 Å². The molecule has 2 fully saturated rings. The minimum Gasteiger partial charge on any atom is -0.444 e. The predicted octanol–water partition coefficient (Wildman–Crippen LogP) is 5.20. The van der Waals surface area contributed by atoms with Crippen LogP contribution in [0.2, 0.25) is 5.02 Å². The van der Waals surface area contributed by atoms with Crippen LogP contribution >= 0.6 is 11.6 Å². The molecule has 1 unspecified atom stereocenters. The number of carbonyl (C=O) groups excluding carboxylic acids is 1. The Morgan fingerprint density at radius 2 is 1.97 bits per heavy atom. The van der Waals surface area contributed by atoms with Crippen molar-refractivity contribution in [1.82, 2.24) is 9.80 Å². The van der Waals surface area contributed by atoms with Gasteiger partial charge in [0.25, 0.3) is 0 Å². The quantitative estimate of drug-likeness (QED) is 0.655. The molecule has 5 nitrogen and oxygen atoms in total. The van der Waals surface area contributed by atoms with E-state index in [9.17, 15) is 4.79 Å². The lowest BCUT2D eigenvalue weighted by Gasteiger charge is -2.36. The molecule has 0 aromatic heterocycles. The smallest absolute Gasteiger partial charge is 0.410 e. The lowest BCUT2D eigenvalue weighted by atomic mass is 9.89. The number of carbonyl (C=O) groups is 1. The minimum absolute atomic E-state index is 0.0512. The van der Waals surface area contributed by atoms with Crippen LogP contribution in [0.15, 0.2) is 12.1 Å². The van der Waals surface area contributed by atoms with E-state index in [2.05, 4.69) is 17.0 Å². The maximum Gasteiger partial charge on any atom is 0.410 e. The first-order valence-electron chi connectivity index (χ1n) is 11.4. The summed E-state index contributed by atoms with van der Waals surface area (Å²) in [5, 5.41) is 0.776. The Morgan fingerprint density at radius 3 is 2.70 bits per heavy atom. The number of ether oxygens (including phenoxy) is 2. The molecule has 0 saturated carbocycles. The van der Waals surface area contributed by atoms with Crippen molar-refractivity contribution in [3.8, 4) is 0 Å². The normalized spacial score (nSPS) is 23.5. The number of halogens is 1. The molecule has 30 heavy (non-hydrogen) atoms. The second-order valence-corrected chi connectivity index (χ2v) is 10.4.